The fourth-order valence-electron chi connectivity index (χ4n) is 3.04. The number of likely N-dealkylation sites (N-methyl/N-ethyl adjacent to an activating group) is 1. The lowest BCUT2D eigenvalue weighted by Crippen LogP contribution is -2.37. The van der Waals surface area contributed by atoms with Crippen LogP contribution >= 0.6 is 0 Å². The zero-order valence-electron chi connectivity index (χ0n) is 12.2. The topological polar surface area (TPSA) is 21.3 Å². The fraction of sp³-hybridized carbons (Fsp3) is 0.333. The van der Waals surface area contributed by atoms with E-state index in [0.29, 0.717) is 13.0 Å². The van der Waals surface area contributed by atoms with Gasteiger partial charge in [-0.25, -0.2) is 4.39 Å². The molecule has 3 heteroatoms. The van der Waals surface area contributed by atoms with Gasteiger partial charge in [-0.3, -0.25) is 0 Å². The highest BCUT2D eigenvalue weighted by Crippen LogP contribution is 2.36. The van der Waals surface area contributed by atoms with Gasteiger partial charge in [0.25, 0.3) is 0 Å². The third kappa shape index (κ3) is 2.93. The van der Waals surface area contributed by atoms with E-state index in [2.05, 4.69) is 18.3 Å². The highest BCUT2D eigenvalue weighted by atomic mass is 19.1. The highest BCUT2D eigenvalue weighted by Gasteiger charge is 2.31. The third-order valence-corrected chi connectivity index (χ3v) is 4.09. The van der Waals surface area contributed by atoms with E-state index < -0.39 is 0 Å². The molecule has 0 bridgehead atoms. The number of halogens is 1. The first-order chi connectivity index (χ1) is 10.3. The van der Waals surface area contributed by atoms with E-state index in [-0.39, 0.29) is 17.8 Å². The molecule has 110 valence electrons. The second-order valence-corrected chi connectivity index (χ2v) is 5.42. The summed E-state index contributed by atoms with van der Waals surface area (Å²) in [5.74, 6) is 1.09. The van der Waals surface area contributed by atoms with Crippen LogP contribution in [0.2, 0.25) is 0 Å². The second kappa shape index (κ2) is 6.27. The largest absolute Gasteiger partial charge is 0.493 e. The van der Waals surface area contributed by atoms with E-state index in [1.165, 1.54) is 11.6 Å². The molecule has 0 spiro atoms. The molecule has 3 rings (SSSR count). The number of hydrogen-bond acceptors (Lipinski definition) is 2. The lowest BCUT2D eigenvalue weighted by molar-refractivity contribution is 0.297. The molecule has 0 fully saturated rings. The summed E-state index contributed by atoms with van der Waals surface area (Å²) in [5.41, 5.74) is 1.98. The Morgan fingerprint density at radius 2 is 1.95 bits per heavy atom. The lowest BCUT2D eigenvalue weighted by Gasteiger charge is -2.24. The molecule has 2 nitrogen and oxygen atoms in total. The van der Waals surface area contributed by atoms with Crippen molar-refractivity contribution in [3.05, 3.63) is 65.5 Å². The molecule has 1 heterocycles. The predicted octanol–water partition coefficient (Wildman–Crippen LogP) is 3.52. The van der Waals surface area contributed by atoms with Crippen LogP contribution < -0.4 is 10.1 Å². The smallest absolute Gasteiger partial charge is 0.126 e. The van der Waals surface area contributed by atoms with Gasteiger partial charge >= 0.3 is 0 Å². The van der Waals surface area contributed by atoms with Crippen LogP contribution in [-0.4, -0.2) is 19.2 Å². The standard InChI is InChI=1S/C18H20FNO/c1-2-20-17(11-13-7-3-5-9-16(13)19)15-12-21-18-10-6-4-8-14(15)18/h3-10,15,17,20H,2,11-12H2,1H3. The van der Waals surface area contributed by atoms with Gasteiger partial charge in [-0.2, -0.15) is 0 Å². The minimum absolute atomic E-state index is 0.132. The first-order valence-corrected chi connectivity index (χ1v) is 7.48. The van der Waals surface area contributed by atoms with Crippen LogP contribution in [0, 0.1) is 5.82 Å². The lowest BCUT2D eigenvalue weighted by atomic mass is 9.89. The molecule has 2 unspecified atom stereocenters. The molecular formula is C18H20FNO. The van der Waals surface area contributed by atoms with Gasteiger partial charge in [0.2, 0.25) is 0 Å². The Balaban J connectivity index is 1.84. The Morgan fingerprint density at radius 3 is 2.76 bits per heavy atom. The number of rotatable bonds is 5. The molecule has 1 N–H and O–H groups in total. The van der Waals surface area contributed by atoms with E-state index in [1.54, 1.807) is 6.07 Å². The number of para-hydroxylation sites is 1. The quantitative estimate of drug-likeness (QED) is 0.907. The number of ether oxygens (including phenoxy) is 1. The predicted molar refractivity (Wildman–Crippen MR) is 82.2 cm³/mol. The molecule has 0 aromatic heterocycles. The minimum atomic E-state index is -0.132. The number of nitrogens with one attached hydrogen (secondary N) is 1. The van der Waals surface area contributed by atoms with Crippen molar-refractivity contribution < 1.29 is 9.13 Å². The summed E-state index contributed by atoms with van der Waals surface area (Å²) in [5, 5.41) is 3.49. The maximum atomic E-state index is 13.9. The van der Waals surface area contributed by atoms with Crippen LogP contribution in [0.1, 0.15) is 24.0 Å². The molecule has 0 radical (unpaired) electrons. The van der Waals surface area contributed by atoms with E-state index in [4.69, 9.17) is 4.74 Å². The van der Waals surface area contributed by atoms with Crippen molar-refractivity contribution in [1.29, 1.82) is 0 Å². The molecule has 1 aliphatic rings. The first kappa shape index (κ1) is 14.1. The molecule has 2 aromatic carbocycles. The number of hydrogen-bond donors (Lipinski definition) is 1. The summed E-state index contributed by atoms with van der Waals surface area (Å²) in [6.45, 7) is 3.60. The Bertz CT molecular complexity index is 614. The van der Waals surface area contributed by atoms with Crippen molar-refractivity contribution in [2.75, 3.05) is 13.2 Å². The molecule has 21 heavy (non-hydrogen) atoms. The SMILES string of the molecule is CCNC(Cc1ccccc1F)C1COc2ccccc21. The summed E-state index contributed by atoms with van der Waals surface area (Å²) in [4.78, 5) is 0. The van der Waals surface area contributed by atoms with Crippen LogP contribution in [0.3, 0.4) is 0 Å². The van der Waals surface area contributed by atoms with Crippen LogP contribution in [0.25, 0.3) is 0 Å². The molecule has 1 aliphatic heterocycles. The number of benzene rings is 2. The first-order valence-electron chi connectivity index (χ1n) is 7.48. The van der Waals surface area contributed by atoms with E-state index in [9.17, 15) is 4.39 Å². The van der Waals surface area contributed by atoms with Gasteiger partial charge in [-0.1, -0.05) is 43.3 Å². The van der Waals surface area contributed by atoms with Gasteiger partial charge in [0, 0.05) is 17.5 Å². The van der Waals surface area contributed by atoms with Gasteiger partial charge in [0.15, 0.2) is 0 Å². The van der Waals surface area contributed by atoms with Crippen molar-refractivity contribution >= 4 is 0 Å². The Hall–Kier alpha value is -1.87. The van der Waals surface area contributed by atoms with Crippen molar-refractivity contribution in [3.63, 3.8) is 0 Å². The van der Waals surface area contributed by atoms with Gasteiger partial charge in [0.05, 0.1) is 6.61 Å². The molecular weight excluding hydrogens is 265 g/mol. The molecule has 0 saturated carbocycles. The van der Waals surface area contributed by atoms with Crippen molar-refractivity contribution in [2.45, 2.75) is 25.3 Å². The third-order valence-electron chi connectivity index (χ3n) is 4.09. The summed E-state index contributed by atoms with van der Waals surface area (Å²) >= 11 is 0. The van der Waals surface area contributed by atoms with Gasteiger partial charge in [0.1, 0.15) is 11.6 Å². The van der Waals surface area contributed by atoms with Crippen LogP contribution in [0.15, 0.2) is 48.5 Å². The Labute approximate surface area is 125 Å². The van der Waals surface area contributed by atoms with Crippen LogP contribution in [0.5, 0.6) is 5.75 Å². The van der Waals surface area contributed by atoms with E-state index in [1.807, 2.05) is 30.3 Å². The van der Waals surface area contributed by atoms with Crippen molar-refractivity contribution in [2.24, 2.45) is 0 Å². The second-order valence-electron chi connectivity index (χ2n) is 5.42. The van der Waals surface area contributed by atoms with E-state index >= 15 is 0 Å². The minimum Gasteiger partial charge on any atom is -0.493 e. The van der Waals surface area contributed by atoms with E-state index in [0.717, 1.165) is 17.9 Å². The molecule has 0 saturated heterocycles. The average Bonchev–Trinajstić information content (AvgIpc) is 2.93. The van der Waals surface area contributed by atoms with Gasteiger partial charge < -0.3 is 10.1 Å². The Kier molecular flexibility index (Phi) is 4.20. The molecule has 2 atom stereocenters. The maximum Gasteiger partial charge on any atom is 0.126 e. The van der Waals surface area contributed by atoms with Crippen LogP contribution in [0.4, 0.5) is 4.39 Å². The average molecular weight is 285 g/mol. The highest BCUT2D eigenvalue weighted by molar-refractivity contribution is 5.41. The molecule has 0 aliphatic carbocycles. The fourth-order valence-corrected chi connectivity index (χ4v) is 3.04. The zero-order chi connectivity index (χ0) is 14.7. The van der Waals surface area contributed by atoms with Crippen molar-refractivity contribution in [1.82, 2.24) is 5.32 Å². The van der Waals surface area contributed by atoms with Crippen LogP contribution in [-0.2, 0) is 6.42 Å². The summed E-state index contributed by atoms with van der Waals surface area (Å²) < 4.78 is 19.7. The summed E-state index contributed by atoms with van der Waals surface area (Å²) in [7, 11) is 0. The molecule has 2 aromatic rings. The van der Waals surface area contributed by atoms with Gasteiger partial charge in [-0.15, -0.1) is 0 Å². The normalized spacial score (nSPS) is 18.1. The van der Waals surface area contributed by atoms with Crippen molar-refractivity contribution in [3.8, 4) is 5.75 Å². The van der Waals surface area contributed by atoms with Gasteiger partial charge in [-0.05, 0) is 30.7 Å². The Morgan fingerprint density at radius 1 is 1.19 bits per heavy atom. The zero-order valence-corrected chi connectivity index (χ0v) is 12.2. The monoisotopic (exact) mass is 285 g/mol. The number of fused-ring (bicyclic) bond motifs is 1. The maximum absolute atomic E-state index is 13.9. The summed E-state index contributed by atoms with van der Waals surface area (Å²) in [6.07, 6.45) is 0.670. The summed E-state index contributed by atoms with van der Waals surface area (Å²) in [6, 6.07) is 15.3. The molecule has 0 amide bonds.